The summed E-state index contributed by atoms with van der Waals surface area (Å²) in [5, 5.41) is 2.98. The van der Waals surface area contributed by atoms with E-state index >= 15 is 0 Å². The topological polar surface area (TPSA) is 76.3 Å². The van der Waals surface area contributed by atoms with Crippen LogP contribution >= 0.6 is 0 Å². The molecule has 1 saturated heterocycles. The molecular weight excluding hydrogens is 206 g/mol. The zero-order chi connectivity index (χ0) is 11.5. The van der Waals surface area contributed by atoms with Crippen molar-refractivity contribution in [2.24, 2.45) is 0 Å². The number of aryl methyl sites for hydroxylation is 1. The molecule has 0 unspecified atom stereocenters. The van der Waals surface area contributed by atoms with Crippen LogP contribution in [0.1, 0.15) is 5.69 Å². The van der Waals surface area contributed by atoms with Crippen molar-refractivity contribution in [3.63, 3.8) is 0 Å². The van der Waals surface area contributed by atoms with Gasteiger partial charge in [0.2, 0.25) is 5.95 Å². The van der Waals surface area contributed by atoms with E-state index in [1.54, 1.807) is 7.05 Å². The van der Waals surface area contributed by atoms with Gasteiger partial charge in [0, 0.05) is 20.1 Å². The van der Waals surface area contributed by atoms with E-state index in [0.29, 0.717) is 11.5 Å². The molecule has 0 atom stereocenters. The lowest BCUT2D eigenvalue weighted by atomic mass is 10.3. The fraction of sp³-hybridized carbons (Fsp3) is 0.600. The van der Waals surface area contributed by atoms with Gasteiger partial charge < -0.3 is 20.7 Å². The van der Waals surface area contributed by atoms with Crippen LogP contribution in [0.15, 0.2) is 0 Å². The van der Waals surface area contributed by atoms with Crippen molar-refractivity contribution >= 4 is 17.5 Å². The van der Waals surface area contributed by atoms with Crippen molar-refractivity contribution in [1.29, 1.82) is 0 Å². The summed E-state index contributed by atoms with van der Waals surface area (Å²) in [7, 11) is 1.81. The number of nitrogen functional groups attached to an aromatic ring is 1. The second kappa shape index (κ2) is 4.52. The maximum absolute atomic E-state index is 5.86. The fourth-order valence-corrected chi connectivity index (χ4v) is 1.66. The van der Waals surface area contributed by atoms with Crippen LogP contribution in [0.2, 0.25) is 0 Å². The van der Waals surface area contributed by atoms with E-state index < -0.39 is 0 Å². The molecule has 1 aromatic rings. The Morgan fingerprint density at radius 1 is 1.31 bits per heavy atom. The van der Waals surface area contributed by atoms with Crippen molar-refractivity contribution in [2.75, 3.05) is 49.3 Å². The van der Waals surface area contributed by atoms with E-state index in [9.17, 15) is 0 Å². The number of nitrogens with zero attached hydrogens (tertiary/aromatic N) is 3. The van der Waals surface area contributed by atoms with E-state index in [1.165, 1.54) is 0 Å². The summed E-state index contributed by atoms with van der Waals surface area (Å²) in [6, 6.07) is 0. The highest BCUT2D eigenvalue weighted by molar-refractivity contribution is 5.65. The van der Waals surface area contributed by atoms with Crippen LogP contribution in [0.25, 0.3) is 0 Å². The third kappa shape index (κ3) is 2.01. The average molecular weight is 223 g/mol. The zero-order valence-corrected chi connectivity index (χ0v) is 9.66. The first-order valence-electron chi connectivity index (χ1n) is 5.37. The Labute approximate surface area is 94.8 Å². The molecule has 1 aliphatic heterocycles. The molecule has 6 nitrogen and oxygen atoms in total. The average Bonchev–Trinajstić information content (AvgIpc) is 2.33. The van der Waals surface area contributed by atoms with Crippen LogP contribution in [0.4, 0.5) is 17.5 Å². The third-order valence-corrected chi connectivity index (χ3v) is 2.66. The van der Waals surface area contributed by atoms with Crippen LogP contribution in [-0.4, -0.2) is 43.3 Å². The van der Waals surface area contributed by atoms with E-state index in [0.717, 1.165) is 37.9 Å². The molecule has 1 aromatic heterocycles. The van der Waals surface area contributed by atoms with Crippen LogP contribution < -0.4 is 16.0 Å². The quantitative estimate of drug-likeness (QED) is 0.748. The SMILES string of the molecule is CNc1nc(N2CCOCC2)nc(C)c1N. The molecule has 88 valence electrons. The van der Waals surface area contributed by atoms with Gasteiger partial charge in [-0.05, 0) is 6.92 Å². The zero-order valence-electron chi connectivity index (χ0n) is 9.66. The number of hydrogen-bond acceptors (Lipinski definition) is 6. The molecule has 2 rings (SSSR count). The minimum atomic E-state index is 0.611. The highest BCUT2D eigenvalue weighted by Gasteiger charge is 2.16. The molecule has 0 radical (unpaired) electrons. The number of rotatable bonds is 2. The molecule has 0 aromatic carbocycles. The predicted molar refractivity (Wildman–Crippen MR) is 63.8 cm³/mol. The lowest BCUT2D eigenvalue weighted by Crippen LogP contribution is -2.37. The Balaban J connectivity index is 2.29. The molecule has 0 aliphatic carbocycles. The van der Waals surface area contributed by atoms with Crippen LogP contribution in [0, 0.1) is 6.92 Å². The van der Waals surface area contributed by atoms with Crippen molar-refractivity contribution in [3.05, 3.63) is 5.69 Å². The largest absolute Gasteiger partial charge is 0.394 e. The summed E-state index contributed by atoms with van der Waals surface area (Å²) in [6.07, 6.45) is 0. The lowest BCUT2D eigenvalue weighted by molar-refractivity contribution is 0.122. The van der Waals surface area contributed by atoms with Crippen molar-refractivity contribution in [1.82, 2.24) is 9.97 Å². The molecular formula is C10H17N5O. The van der Waals surface area contributed by atoms with Gasteiger partial charge in [-0.3, -0.25) is 0 Å². The summed E-state index contributed by atoms with van der Waals surface area (Å²) < 4.78 is 5.29. The van der Waals surface area contributed by atoms with E-state index in [2.05, 4.69) is 20.2 Å². The number of ether oxygens (including phenoxy) is 1. The molecule has 3 N–H and O–H groups in total. The standard InChI is InChI=1S/C10H17N5O/c1-7-8(11)9(12-2)14-10(13-7)15-3-5-16-6-4-15/h3-6,11H2,1-2H3,(H,12,13,14). The Morgan fingerprint density at radius 2 is 2.00 bits per heavy atom. The highest BCUT2D eigenvalue weighted by Crippen LogP contribution is 2.22. The second-order valence-electron chi connectivity index (χ2n) is 3.72. The van der Waals surface area contributed by atoms with Gasteiger partial charge in [-0.15, -0.1) is 0 Å². The van der Waals surface area contributed by atoms with Gasteiger partial charge in [-0.25, -0.2) is 4.98 Å². The Bertz CT molecular complexity index is 376. The van der Waals surface area contributed by atoms with Gasteiger partial charge in [0.05, 0.1) is 24.6 Å². The van der Waals surface area contributed by atoms with Gasteiger partial charge >= 0.3 is 0 Å². The monoisotopic (exact) mass is 223 g/mol. The van der Waals surface area contributed by atoms with Crippen molar-refractivity contribution < 1.29 is 4.74 Å². The number of hydrogen-bond donors (Lipinski definition) is 2. The first-order chi connectivity index (χ1) is 7.72. The van der Waals surface area contributed by atoms with E-state index in [-0.39, 0.29) is 0 Å². The summed E-state index contributed by atoms with van der Waals surface area (Å²) >= 11 is 0. The summed E-state index contributed by atoms with van der Waals surface area (Å²) in [5.74, 6) is 1.41. The smallest absolute Gasteiger partial charge is 0.227 e. The first kappa shape index (κ1) is 10.9. The van der Waals surface area contributed by atoms with Crippen molar-refractivity contribution in [2.45, 2.75) is 6.92 Å². The molecule has 16 heavy (non-hydrogen) atoms. The first-order valence-corrected chi connectivity index (χ1v) is 5.37. The number of nitrogens with one attached hydrogen (secondary N) is 1. The highest BCUT2D eigenvalue weighted by atomic mass is 16.5. The van der Waals surface area contributed by atoms with Gasteiger partial charge in [0.25, 0.3) is 0 Å². The van der Waals surface area contributed by atoms with Crippen LogP contribution in [0.3, 0.4) is 0 Å². The number of nitrogens with two attached hydrogens (primary N) is 1. The van der Waals surface area contributed by atoms with Gasteiger partial charge in [0.15, 0.2) is 5.82 Å². The minimum Gasteiger partial charge on any atom is -0.394 e. The molecule has 0 amide bonds. The summed E-state index contributed by atoms with van der Waals surface area (Å²) in [6.45, 7) is 4.99. The summed E-state index contributed by atoms with van der Waals surface area (Å²) in [4.78, 5) is 10.9. The van der Waals surface area contributed by atoms with Crippen LogP contribution in [0.5, 0.6) is 0 Å². The Kier molecular flexibility index (Phi) is 3.09. The van der Waals surface area contributed by atoms with Crippen molar-refractivity contribution in [3.8, 4) is 0 Å². The molecule has 0 saturated carbocycles. The molecule has 1 aliphatic rings. The molecule has 0 bridgehead atoms. The Morgan fingerprint density at radius 3 is 2.62 bits per heavy atom. The molecule has 1 fully saturated rings. The number of morpholine rings is 1. The second-order valence-corrected chi connectivity index (χ2v) is 3.72. The molecule has 6 heteroatoms. The maximum atomic E-state index is 5.86. The number of aromatic nitrogens is 2. The minimum absolute atomic E-state index is 0.611. The van der Waals surface area contributed by atoms with E-state index in [4.69, 9.17) is 10.5 Å². The predicted octanol–water partition coefficient (Wildman–Crippen LogP) is 0.246. The maximum Gasteiger partial charge on any atom is 0.227 e. The normalized spacial score (nSPS) is 16.2. The van der Waals surface area contributed by atoms with Gasteiger partial charge in [-0.1, -0.05) is 0 Å². The van der Waals surface area contributed by atoms with Crippen LogP contribution in [-0.2, 0) is 4.74 Å². The van der Waals surface area contributed by atoms with E-state index in [1.807, 2.05) is 6.92 Å². The molecule has 2 heterocycles. The fourth-order valence-electron chi connectivity index (χ4n) is 1.66. The molecule has 0 spiro atoms. The Hall–Kier alpha value is -1.56. The third-order valence-electron chi connectivity index (χ3n) is 2.66. The van der Waals surface area contributed by atoms with Gasteiger partial charge in [-0.2, -0.15) is 4.98 Å². The number of anilines is 3. The summed E-state index contributed by atoms with van der Waals surface area (Å²) in [5.41, 5.74) is 7.28. The lowest BCUT2D eigenvalue weighted by Gasteiger charge is -2.27. The van der Waals surface area contributed by atoms with Gasteiger partial charge in [0.1, 0.15) is 0 Å².